The molecule has 6 rings (SSSR count). The quantitative estimate of drug-likeness (QED) is 0.229. The van der Waals surface area contributed by atoms with Gasteiger partial charge in [0.1, 0.15) is 11.6 Å². The van der Waals surface area contributed by atoms with E-state index in [0.29, 0.717) is 41.2 Å². The number of aliphatic hydroxyl groups is 3. The Balaban J connectivity index is 0.000000318. The highest BCUT2D eigenvalue weighted by molar-refractivity contribution is 5.81. The van der Waals surface area contributed by atoms with Crippen molar-refractivity contribution in [3.63, 3.8) is 0 Å². The van der Waals surface area contributed by atoms with Crippen molar-refractivity contribution in [2.45, 2.75) is 229 Å². The molecule has 14 unspecified atom stereocenters. The van der Waals surface area contributed by atoms with Gasteiger partial charge in [0.2, 0.25) is 0 Å². The summed E-state index contributed by atoms with van der Waals surface area (Å²) in [6.45, 7) is 26.3. The molecule has 0 heterocycles. The molecular formula is C48H92O5. The molecule has 0 radical (unpaired) electrons. The smallest absolute Gasteiger partial charge is 0.135 e. The van der Waals surface area contributed by atoms with Gasteiger partial charge in [-0.2, -0.15) is 0 Å². The number of Topliss-reactive ketones (excluding diaryl/α,β-unsaturated/α-hetero) is 2. The Morgan fingerprint density at radius 3 is 1.43 bits per heavy atom. The Hall–Kier alpha value is -0.780. The molecule has 0 aromatic rings. The Labute approximate surface area is 330 Å². The van der Waals surface area contributed by atoms with Gasteiger partial charge in [-0.25, -0.2) is 0 Å². The van der Waals surface area contributed by atoms with E-state index in [2.05, 4.69) is 69.2 Å². The van der Waals surface area contributed by atoms with Gasteiger partial charge in [0.15, 0.2) is 0 Å². The lowest BCUT2D eigenvalue weighted by atomic mass is 9.78. The molecule has 0 spiro atoms. The third-order valence-corrected chi connectivity index (χ3v) is 15.3. The topological polar surface area (TPSA) is 94.8 Å². The molecule has 6 aliphatic carbocycles. The summed E-state index contributed by atoms with van der Waals surface area (Å²) < 4.78 is 0. The third-order valence-electron chi connectivity index (χ3n) is 15.3. The van der Waals surface area contributed by atoms with Crippen LogP contribution < -0.4 is 0 Å². The van der Waals surface area contributed by atoms with Crippen LogP contribution in [0.4, 0.5) is 0 Å². The Morgan fingerprint density at radius 1 is 0.509 bits per heavy atom. The molecule has 53 heavy (non-hydrogen) atoms. The van der Waals surface area contributed by atoms with E-state index in [0.717, 1.165) is 93.3 Å². The first-order valence-electron chi connectivity index (χ1n) is 22.9. The van der Waals surface area contributed by atoms with Crippen molar-refractivity contribution in [3.05, 3.63) is 0 Å². The molecule has 14 atom stereocenters. The van der Waals surface area contributed by atoms with Gasteiger partial charge in [-0.05, 0) is 124 Å². The minimum absolute atomic E-state index is 0.00352. The van der Waals surface area contributed by atoms with Gasteiger partial charge in [0.05, 0.1) is 17.8 Å². The van der Waals surface area contributed by atoms with E-state index in [1.807, 2.05) is 13.8 Å². The fourth-order valence-electron chi connectivity index (χ4n) is 8.79. The van der Waals surface area contributed by atoms with Crippen molar-refractivity contribution < 1.29 is 24.9 Å². The highest BCUT2D eigenvalue weighted by Crippen LogP contribution is 2.33. The number of carbonyl (C=O) groups is 2. The second-order valence-electron chi connectivity index (χ2n) is 19.9. The molecule has 5 heteroatoms. The van der Waals surface area contributed by atoms with E-state index >= 15 is 0 Å². The van der Waals surface area contributed by atoms with Crippen molar-refractivity contribution in [1.82, 2.24) is 0 Å². The van der Waals surface area contributed by atoms with E-state index in [9.17, 15) is 24.9 Å². The van der Waals surface area contributed by atoms with Crippen LogP contribution in [0.3, 0.4) is 0 Å². The molecule has 6 saturated carbocycles. The number of hydrogen-bond acceptors (Lipinski definition) is 5. The summed E-state index contributed by atoms with van der Waals surface area (Å²) in [5, 5.41) is 28.2. The highest BCUT2D eigenvalue weighted by atomic mass is 16.3. The maximum Gasteiger partial charge on any atom is 0.135 e. The van der Waals surface area contributed by atoms with E-state index < -0.39 is 0 Å². The first-order valence-corrected chi connectivity index (χ1v) is 22.9. The summed E-state index contributed by atoms with van der Waals surface area (Å²) in [7, 11) is 0. The van der Waals surface area contributed by atoms with Crippen molar-refractivity contribution in [2.75, 3.05) is 0 Å². The van der Waals surface area contributed by atoms with E-state index in [4.69, 9.17) is 0 Å². The summed E-state index contributed by atoms with van der Waals surface area (Å²) in [5.41, 5.74) is -0.363. The fraction of sp³-hybridized carbons (Fsp3) is 0.958. The van der Waals surface area contributed by atoms with Crippen molar-refractivity contribution >= 4 is 11.6 Å². The van der Waals surface area contributed by atoms with Gasteiger partial charge in [-0.15, -0.1) is 0 Å². The van der Waals surface area contributed by atoms with Crippen LogP contribution in [0.15, 0.2) is 0 Å². The van der Waals surface area contributed by atoms with Crippen LogP contribution >= 0.6 is 0 Å². The van der Waals surface area contributed by atoms with E-state index in [1.54, 1.807) is 0 Å². The lowest BCUT2D eigenvalue weighted by molar-refractivity contribution is -0.125. The van der Waals surface area contributed by atoms with Crippen LogP contribution in [0.2, 0.25) is 0 Å². The number of hydrogen-bond donors (Lipinski definition) is 3. The predicted octanol–water partition coefficient (Wildman–Crippen LogP) is 12.4. The normalized spacial score (nSPS) is 41.5. The molecule has 0 bridgehead atoms. The molecule has 0 amide bonds. The van der Waals surface area contributed by atoms with Crippen LogP contribution in [0.5, 0.6) is 0 Å². The van der Waals surface area contributed by atoms with Gasteiger partial charge in [0, 0.05) is 25.2 Å². The van der Waals surface area contributed by atoms with Crippen LogP contribution in [0.1, 0.15) is 212 Å². The summed E-state index contributed by atoms with van der Waals surface area (Å²) in [6, 6.07) is 0. The summed E-state index contributed by atoms with van der Waals surface area (Å²) in [4.78, 5) is 21.8. The molecule has 0 aliphatic heterocycles. The Bertz CT molecular complexity index is 957. The lowest BCUT2D eigenvalue weighted by Crippen LogP contribution is -2.35. The zero-order valence-corrected chi connectivity index (χ0v) is 37.3. The maximum atomic E-state index is 11.0. The van der Waals surface area contributed by atoms with Crippen LogP contribution in [-0.4, -0.2) is 44.7 Å². The maximum absolute atomic E-state index is 11.0. The predicted molar refractivity (Wildman–Crippen MR) is 226 cm³/mol. The zero-order valence-electron chi connectivity index (χ0n) is 37.3. The van der Waals surface area contributed by atoms with Crippen molar-refractivity contribution in [2.24, 2.45) is 65.1 Å². The minimum Gasteiger partial charge on any atom is -0.393 e. The Kier molecular flexibility index (Phi) is 24.8. The molecule has 0 saturated heterocycles. The summed E-state index contributed by atoms with van der Waals surface area (Å²) >= 11 is 0. The first-order chi connectivity index (χ1) is 24.8. The van der Waals surface area contributed by atoms with Crippen LogP contribution in [-0.2, 0) is 9.59 Å². The second kappa shape index (κ2) is 26.2. The molecular weight excluding hydrogens is 657 g/mol. The largest absolute Gasteiger partial charge is 0.393 e. The molecule has 6 fully saturated rings. The molecule has 6 aliphatic rings. The summed E-state index contributed by atoms with van der Waals surface area (Å²) in [6.07, 6.45) is 23.3. The highest BCUT2D eigenvalue weighted by Gasteiger charge is 2.30. The standard InChI is InChI=1S/C8H16O.C8H14O.2C8H16O.C8H14O.C8H16/c2*1-6-3-4-8(9)5-7(6)2;1-7-5-3-4-6-8(7,2)9;2*1-6-4-3-5-8(9)7(6)2;1-7-5-3-4-6-8(7)2/h6-9H,3-5H2,1-2H3;6-7H,3-5H2,1-2H3;7,9H,3-6H2,1-2H3;6-9H,3-5H2,1-2H3;6-7H,3-5H2,1-2H3;7-8H,3-6H2,1-2H3. The minimum atomic E-state index is -0.363. The third kappa shape index (κ3) is 20.3. The van der Waals surface area contributed by atoms with Crippen LogP contribution in [0, 0.1) is 65.1 Å². The zero-order chi connectivity index (χ0) is 40.3. The van der Waals surface area contributed by atoms with Gasteiger partial charge in [-0.1, -0.05) is 128 Å². The number of aliphatic hydroxyl groups excluding tert-OH is 2. The Morgan fingerprint density at radius 2 is 1.04 bits per heavy atom. The van der Waals surface area contributed by atoms with Gasteiger partial charge in [0.25, 0.3) is 0 Å². The number of rotatable bonds is 0. The average molecular weight is 749 g/mol. The van der Waals surface area contributed by atoms with Gasteiger partial charge < -0.3 is 15.3 Å². The number of ketones is 2. The van der Waals surface area contributed by atoms with Gasteiger partial charge >= 0.3 is 0 Å². The van der Waals surface area contributed by atoms with E-state index in [-0.39, 0.29) is 17.8 Å². The van der Waals surface area contributed by atoms with Gasteiger partial charge in [-0.3, -0.25) is 9.59 Å². The first kappa shape index (κ1) is 50.2. The van der Waals surface area contributed by atoms with Crippen molar-refractivity contribution in [3.8, 4) is 0 Å². The molecule has 3 N–H and O–H groups in total. The van der Waals surface area contributed by atoms with Crippen molar-refractivity contribution in [1.29, 1.82) is 0 Å². The molecule has 5 nitrogen and oxygen atoms in total. The SMILES string of the molecule is CC1CCC(=O)CC1C.CC1CCC(O)CC1C.CC1CCCC(=O)C1C.CC1CCCC(O)C1C.CC1CCCCC1(C)O.CC1CCCCC1C. The molecule has 0 aromatic carbocycles. The van der Waals surface area contributed by atoms with E-state index in [1.165, 1.54) is 70.6 Å². The fourth-order valence-corrected chi connectivity index (χ4v) is 8.79. The average Bonchev–Trinajstić information content (AvgIpc) is 3.10. The number of carbonyl (C=O) groups excluding carboxylic acids is 2. The second-order valence-corrected chi connectivity index (χ2v) is 19.9. The van der Waals surface area contributed by atoms with Crippen LogP contribution in [0.25, 0.3) is 0 Å². The molecule has 314 valence electrons. The lowest BCUT2D eigenvalue weighted by Gasteiger charge is -2.34. The molecule has 0 aromatic heterocycles. The monoisotopic (exact) mass is 749 g/mol. The summed E-state index contributed by atoms with van der Waals surface area (Å²) in [5.74, 6) is 8.61.